The summed E-state index contributed by atoms with van der Waals surface area (Å²) in [5.41, 5.74) is 1.27. The van der Waals surface area contributed by atoms with Crippen molar-refractivity contribution in [2.75, 3.05) is 31.6 Å². The van der Waals surface area contributed by atoms with Crippen LogP contribution in [-0.2, 0) is 13.6 Å². The van der Waals surface area contributed by atoms with Crippen molar-refractivity contribution in [3.05, 3.63) is 42.5 Å². The number of aliphatic imine (C=N–C) groups is 1. The van der Waals surface area contributed by atoms with Crippen LogP contribution >= 0.6 is 24.0 Å². The Kier molecular flexibility index (Phi) is 9.90. The highest BCUT2D eigenvalue weighted by molar-refractivity contribution is 14.0. The van der Waals surface area contributed by atoms with E-state index in [0.717, 1.165) is 37.8 Å². The predicted molar refractivity (Wildman–Crippen MR) is 114 cm³/mol. The lowest BCUT2D eigenvalue weighted by atomic mass is 10.2. The molecule has 0 spiro atoms. The highest BCUT2D eigenvalue weighted by atomic mass is 127. The molecule has 0 atom stereocenters. The summed E-state index contributed by atoms with van der Waals surface area (Å²) < 4.78 is 1.75. The second kappa shape index (κ2) is 11.7. The van der Waals surface area contributed by atoms with Crippen molar-refractivity contribution >= 4 is 35.6 Å². The number of aromatic nitrogens is 3. The Bertz CT molecular complexity index is 627. The van der Waals surface area contributed by atoms with Crippen LogP contribution in [0.25, 0.3) is 0 Å². The van der Waals surface area contributed by atoms with E-state index in [9.17, 15) is 0 Å². The fraction of sp³-hybridized carbons (Fsp3) is 0.471. The molecule has 0 radical (unpaired) electrons. The van der Waals surface area contributed by atoms with Gasteiger partial charge in [0.05, 0.1) is 6.54 Å². The van der Waals surface area contributed by atoms with Gasteiger partial charge in [-0.25, -0.2) is 4.98 Å². The first-order chi connectivity index (χ1) is 11.7. The number of hydrogen-bond donors (Lipinski definition) is 2. The van der Waals surface area contributed by atoms with Crippen LogP contribution in [0.1, 0.15) is 19.2 Å². The lowest BCUT2D eigenvalue weighted by molar-refractivity contribution is 0.666. The van der Waals surface area contributed by atoms with Gasteiger partial charge in [0.25, 0.3) is 0 Å². The number of benzene rings is 1. The topological polar surface area (TPSA) is 70.4 Å². The monoisotopic (exact) mass is 457 g/mol. The molecule has 0 saturated heterocycles. The maximum absolute atomic E-state index is 4.24. The third-order valence-corrected chi connectivity index (χ3v) is 3.84. The van der Waals surface area contributed by atoms with Gasteiger partial charge in [-0.3, -0.25) is 9.67 Å². The molecule has 0 fully saturated rings. The van der Waals surface area contributed by atoms with Gasteiger partial charge in [-0.2, -0.15) is 5.10 Å². The minimum atomic E-state index is 0. The fourth-order valence-corrected chi connectivity index (χ4v) is 2.45. The zero-order valence-corrected chi connectivity index (χ0v) is 17.5. The van der Waals surface area contributed by atoms with E-state index in [-0.39, 0.29) is 24.0 Å². The molecule has 0 saturated carbocycles. The van der Waals surface area contributed by atoms with Gasteiger partial charge >= 0.3 is 0 Å². The zero-order valence-electron chi connectivity index (χ0n) is 15.1. The van der Waals surface area contributed by atoms with Crippen LogP contribution < -0.4 is 15.5 Å². The van der Waals surface area contributed by atoms with Gasteiger partial charge in [-0.05, 0) is 25.5 Å². The van der Waals surface area contributed by atoms with Gasteiger partial charge < -0.3 is 15.5 Å². The molecular formula is C17H28IN7. The van der Waals surface area contributed by atoms with E-state index in [1.807, 2.05) is 13.1 Å². The van der Waals surface area contributed by atoms with E-state index < -0.39 is 0 Å². The largest absolute Gasteiger partial charge is 0.372 e. The summed E-state index contributed by atoms with van der Waals surface area (Å²) in [4.78, 5) is 10.8. The average Bonchev–Trinajstić information content (AvgIpc) is 3.03. The number of halogens is 1. The van der Waals surface area contributed by atoms with Crippen molar-refractivity contribution in [2.45, 2.75) is 19.9 Å². The highest BCUT2D eigenvalue weighted by Gasteiger charge is 2.05. The number of aryl methyl sites for hydroxylation is 1. The molecule has 0 aliphatic rings. The molecule has 8 heteroatoms. The Labute approximate surface area is 166 Å². The molecule has 138 valence electrons. The SMILES string of the molecule is CCN(CCCNC(=NC)NCc1ncnn1C)c1ccccc1.I. The molecule has 1 aromatic heterocycles. The van der Waals surface area contributed by atoms with Gasteiger partial charge in [-0.15, -0.1) is 24.0 Å². The van der Waals surface area contributed by atoms with Crippen molar-refractivity contribution in [3.8, 4) is 0 Å². The number of nitrogens with zero attached hydrogens (tertiary/aromatic N) is 5. The molecule has 2 rings (SSSR count). The van der Waals surface area contributed by atoms with Gasteiger partial charge in [0.15, 0.2) is 5.96 Å². The molecule has 1 heterocycles. The Hall–Kier alpha value is -1.84. The van der Waals surface area contributed by atoms with Gasteiger partial charge in [-0.1, -0.05) is 18.2 Å². The minimum absolute atomic E-state index is 0. The van der Waals surface area contributed by atoms with Gasteiger partial charge in [0.1, 0.15) is 12.2 Å². The number of guanidine groups is 1. The Morgan fingerprint density at radius 1 is 1.24 bits per heavy atom. The maximum atomic E-state index is 4.24. The molecule has 2 aromatic rings. The molecule has 25 heavy (non-hydrogen) atoms. The van der Waals surface area contributed by atoms with Crippen molar-refractivity contribution in [3.63, 3.8) is 0 Å². The molecular weight excluding hydrogens is 429 g/mol. The van der Waals surface area contributed by atoms with E-state index in [4.69, 9.17) is 0 Å². The third-order valence-electron chi connectivity index (χ3n) is 3.84. The molecule has 2 N–H and O–H groups in total. The number of nitrogens with one attached hydrogen (secondary N) is 2. The van der Waals surface area contributed by atoms with E-state index >= 15 is 0 Å². The summed E-state index contributed by atoms with van der Waals surface area (Å²) >= 11 is 0. The van der Waals surface area contributed by atoms with Crippen LogP contribution in [0.15, 0.2) is 41.7 Å². The molecule has 7 nitrogen and oxygen atoms in total. The van der Waals surface area contributed by atoms with E-state index in [1.165, 1.54) is 5.69 Å². The summed E-state index contributed by atoms with van der Waals surface area (Å²) in [6.45, 7) is 5.65. The molecule has 0 aliphatic heterocycles. The molecule has 0 amide bonds. The van der Waals surface area contributed by atoms with Crippen molar-refractivity contribution < 1.29 is 0 Å². The number of rotatable bonds is 8. The minimum Gasteiger partial charge on any atom is -0.372 e. The fourth-order valence-electron chi connectivity index (χ4n) is 2.45. The molecule has 0 bridgehead atoms. The lowest BCUT2D eigenvalue weighted by Gasteiger charge is -2.23. The zero-order chi connectivity index (χ0) is 17.2. The molecule has 0 aliphatic carbocycles. The lowest BCUT2D eigenvalue weighted by Crippen LogP contribution is -2.38. The number of para-hydroxylation sites is 1. The predicted octanol–water partition coefficient (Wildman–Crippen LogP) is 2.01. The van der Waals surface area contributed by atoms with Crippen LogP contribution in [0.4, 0.5) is 5.69 Å². The summed E-state index contributed by atoms with van der Waals surface area (Å²) in [5.74, 6) is 1.65. The first kappa shape index (κ1) is 21.2. The highest BCUT2D eigenvalue weighted by Crippen LogP contribution is 2.12. The van der Waals surface area contributed by atoms with Crippen LogP contribution in [0.2, 0.25) is 0 Å². The van der Waals surface area contributed by atoms with Crippen molar-refractivity contribution in [1.29, 1.82) is 0 Å². The van der Waals surface area contributed by atoms with Gasteiger partial charge in [0.2, 0.25) is 0 Å². The molecule has 1 aromatic carbocycles. The van der Waals surface area contributed by atoms with Crippen LogP contribution in [0, 0.1) is 0 Å². The molecule has 0 unspecified atom stereocenters. The van der Waals surface area contributed by atoms with Crippen molar-refractivity contribution in [1.82, 2.24) is 25.4 Å². The number of anilines is 1. The summed E-state index contributed by atoms with van der Waals surface area (Å²) in [6.07, 6.45) is 2.59. The summed E-state index contributed by atoms with van der Waals surface area (Å²) in [5, 5.41) is 10.6. The third kappa shape index (κ3) is 6.89. The Morgan fingerprint density at radius 3 is 2.60 bits per heavy atom. The Balaban J connectivity index is 0.00000312. The summed E-state index contributed by atoms with van der Waals surface area (Å²) in [6, 6.07) is 10.5. The van der Waals surface area contributed by atoms with Crippen molar-refractivity contribution in [2.24, 2.45) is 12.0 Å². The average molecular weight is 457 g/mol. The second-order valence-electron chi connectivity index (χ2n) is 5.42. The second-order valence-corrected chi connectivity index (χ2v) is 5.42. The van der Waals surface area contributed by atoms with Crippen LogP contribution in [-0.4, -0.2) is 47.4 Å². The number of hydrogen-bond acceptors (Lipinski definition) is 4. The van der Waals surface area contributed by atoms with Crippen LogP contribution in [0.5, 0.6) is 0 Å². The van der Waals surface area contributed by atoms with Crippen LogP contribution in [0.3, 0.4) is 0 Å². The Morgan fingerprint density at radius 2 is 2.00 bits per heavy atom. The summed E-state index contributed by atoms with van der Waals surface area (Å²) in [7, 11) is 3.65. The smallest absolute Gasteiger partial charge is 0.191 e. The van der Waals surface area contributed by atoms with Gasteiger partial charge in [0, 0.05) is 39.4 Å². The standard InChI is InChI=1S/C17H27N7.HI/c1-4-24(15-9-6-5-7-10-15)12-8-11-19-17(18-2)20-13-16-21-14-22-23(16)3;/h5-7,9-10,14H,4,8,11-13H2,1-3H3,(H2,18,19,20);1H. The quantitative estimate of drug-likeness (QED) is 0.275. The van der Waals surface area contributed by atoms with E-state index in [2.05, 4.69) is 61.8 Å². The first-order valence-electron chi connectivity index (χ1n) is 8.32. The van der Waals surface area contributed by atoms with E-state index in [1.54, 1.807) is 18.1 Å². The van der Waals surface area contributed by atoms with E-state index in [0.29, 0.717) is 6.54 Å². The first-order valence-corrected chi connectivity index (χ1v) is 8.32. The normalized spacial score (nSPS) is 10.9. The maximum Gasteiger partial charge on any atom is 0.191 e.